The average Bonchev–Trinajstić information content (AvgIpc) is 2.81. The standard InChI is InChI=1S/C12H11Br2NOS/c13-8-3-4-10(9(14)6-8)16-11(7-15)12-2-1-5-17-12/h1-6,11H,7,15H2. The SMILES string of the molecule is NCC(Oc1ccc(Br)cc1Br)c1cccs1. The van der Waals surface area contributed by atoms with E-state index in [4.69, 9.17) is 10.5 Å². The normalized spacial score (nSPS) is 12.4. The first-order valence-electron chi connectivity index (χ1n) is 5.06. The molecule has 0 aliphatic rings. The Morgan fingerprint density at radius 2 is 2.12 bits per heavy atom. The van der Waals surface area contributed by atoms with Crippen molar-refractivity contribution in [2.75, 3.05) is 6.54 Å². The van der Waals surface area contributed by atoms with E-state index in [2.05, 4.69) is 31.9 Å². The highest BCUT2D eigenvalue weighted by atomic mass is 79.9. The number of ether oxygens (including phenoxy) is 1. The first kappa shape index (κ1) is 13.1. The summed E-state index contributed by atoms with van der Waals surface area (Å²) in [7, 11) is 0. The summed E-state index contributed by atoms with van der Waals surface area (Å²) in [6, 6.07) is 9.86. The van der Waals surface area contributed by atoms with E-state index in [-0.39, 0.29) is 6.10 Å². The lowest BCUT2D eigenvalue weighted by atomic mass is 10.3. The van der Waals surface area contributed by atoms with Crippen molar-refractivity contribution >= 4 is 43.2 Å². The number of thiophene rings is 1. The summed E-state index contributed by atoms with van der Waals surface area (Å²) in [4.78, 5) is 1.14. The number of hydrogen-bond donors (Lipinski definition) is 1. The molecule has 0 saturated carbocycles. The Balaban J connectivity index is 2.19. The highest BCUT2D eigenvalue weighted by Gasteiger charge is 2.14. The van der Waals surface area contributed by atoms with E-state index >= 15 is 0 Å². The van der Waals surface area contributed by atoms with Crippen LogP contribution < -0.4 is 10.5 Å². The molecule has 0 spiro atoms. The second-order valence-electron chi connectivity index (χ2n) is 3.43. The van der Waals surface area contributed by atoms with Gasteiger partial charge in [0, 0.05) is 15.9 Å². The lowest BCUT2D eigenvalue weighted by Gasteiger charge is -2.17. The van der Waals surface area contributed by atoms with Gasteiger partial charge in [-0.1, -0.05) is 22.0 Å². The molecular weight excluding hydrogens is 366 g/mol. The third-order valence-corrected chi connectivity index (χ3v) is 4.32. The van der Waals surface area contributed by atoms with Crippen molar-refractivity contribution in [2.45, 2.75) is 6.10 Å². The molecular formula is C12H11Br2NOS. The van der Waals surface area contributed by atoms with Crippen molar-refractivity contribution in [1.29, 1.82) is 0 Å². The molecule has 0 aliphatic carbocycles. The number of benzene rings is 1. The fourth-order valence-electron chi connectivity index (χ4n) is 1.42. The molecule has 17 heavy (non-hydrogen) atoms. The fraction of sp³-hybridized carbons (Fsp3) is 0.167. The Labute approximate surface area is 121 Å². The Kier molecular flexibility index (Phi) is 4.62. The minimum absolute atomic E-state index is 0.0903. The third-order valence-electron chi connectivity index (χ3n) is 2.24. The van der Waals surface area contributed by atoms with Gasteiger partial charge in [-0.2, -0.15) is 0 Å². The molecule has 0 radical (unpaired) electrons. The highest BCUT2D eigenvalue weighted by molar-refractivity contribution is 9.11. The van der Waals surface area contributed by atoms with E-state index in [1.807, 2.05) is 35.7 Å². The molecule has 2 rings (SSSR count). The maximum Gasteiger partial charge on any atom is 0.145 e. The Hall–Kier alpha value is -0.360. The Morgan fingerprint density at radius 3 is 2.71 bits per heavy atom. The monoisotopic (exact) mass is 375 g/mol. The molecule has 0 fully saturated rings. The maximum absolute atomic E-state index is 5.91. The Morgan fingerprint density at radius 1 is 1.29 bits per heavy atom. The summed E-state index contributed by atoms with van der Waals surface area (Å²) < 4.78 is 7.84. The molecule has 1 aromatic carbocycles. The summed E-state index contributed by atoms with van der Waals surface area (Å²) in [5, 5.41) is 2.03. The topological polar surface area (TPSA) is 35.2 Å². The van der Waals surface area contributed by atoms with E-state index in [1.54, 1.807) is 11.3 Å². The molecule has 0 saturated heterocycles. The van der Waals surface area contributed by atoms with Crippen LogP contribution in [0.15, 0.2) is 44.7 Å². The summed E-state index contributed by atoms with van der Waals surface area (Å²) in [6.45, 7) is 0.461. The van der Waals surface area contributed by atoms with Gasteiger partial charge in [0.05, 0.1) is 4.47 Å². The van der Waals surface area contributed by atoms with Crippen LogP contribution in [0.4, 0.5) is 0 Å². The summed E-state index contributed by atoms with van der Waals surface area (Å²) >= 11 is 8.54. The largest absolute Gasteiger partial charge is 0.482 e. The molecule has 2 nitrogen and oxygen atoms in total. The highest BCUT2D eigenvalue weighted by Crippen LogP contribution is 2.32. The molecule has 0 amide bonds. The van der Waals surface area contributed by atoms with Gasteiger partial charge in [0.25, 0.3) is 0 Å². The van der Waals surface area contributed by atoms with Gasteiger partial charge in [-0.05, 0) is 45.6 Å². The van der Waals surface area contributed by atoms with E-state index in [0.717, 1.165) is 19.6 Å². The van der Waals surface area contributed by atoms with Gasteiger partial charge >= 0.3 is 0 Å². The van der Waals surface area contributed by atoms with Crippen LogP contribution in [-0.2, 0) is 0 Å². The number of nitrogens with two attached hydrogens (primary N) is 1. The van der Waals surface area contributed by atoms with Crippen molar-refractivity contribution < 1.29 is 4.74 Å². The lowest BCUT2D eigenvalue weighted by molar-refractivity contribution is 0.216. The predicted molar refractivity (Wildman–Crippen MR) is 78.6 cm³/mol. The van der Waals surface area contributed by atoms with Gasteiger partial charge in [0.15, 0.2) is 0 Å². The van der Waals surface area contributed by atoms with E-state index < -0.39 is 0 Å². The van der Waals surface area contributed by atoms with Crippen molar-refractivity contribution in [3.05, 3.63) is 49.5 Å². The second-order valence-corrected chi connectivity index (χ2v) is 6.18. The van der Waals surface area contributed by atoms with Gasteiger partial charge < -0.3 is 10.5 Å². The molecule has 90 valence electrons. The van der Waals surface area contributed by atoms with Crippen molar-refractivity contribution in [3.63, 3.8) is 0 Å². The smallest absolute Gasteiger partial charge is 0.145 e. The van der Waals surface area contributed by atoms with Crippen LogP contribution >= 0.6 is 43.2 Å². The molecule has 0 aliphatic heterocycles. The summed E-state index contributed by atoms with van der Waals surface area (Å²) in [5.74, 6) is 0.803. The quantitative estimate of drug-likeness (QED) is 0.860. The second kappa shape index (κ2) is 6.00. The molecule has 0 bridgehead atoms. The third kappa shape index (κ3) is 3.31. The van der Waals surface area contributed by atoms with E-state index in [9.17, 15) is 0 Å². The van der Waals surface area contributed by atoms with Gasteiger partial charge in [-0.15, -0.1) is 11.3 Å². The minimum atomic E-state index is -0.0903. The van der Waals surface area contributed by atoms with Crippen LogP contribution in [0.2, 0.25) is 0 Å². The number of hydrogen-bond acceptors (Lipinski definition) is 3. The van der Waals surface area contributed by atoms with Gasteiger partial charge in [0.2, 0.25) is 0 Å². The molecule has 1 atom stereocenters. The maximum atomic E-state index is 5.91. The minimum Gasteiger partial charge on any atom is -0.482 e. The molecule has 1 heterocycles. The average molecular weight is 377 g/mol. The molecule has 2 N–H and O–H groups in total. The van der Waals surface area contributed by atoms with Crippen LogP contribution in [-0.4, -0.2) is 6.54 Å². The van der Waals surface area contributed by atoms with Crippen molar-refractivity contribution in [3.8, 4) is 5.75 Å². The zero-order valence-corrected chi connectivity index (χ0v) is 12.9. The molecule has 1 aromatic heterocycles. The van der Waals surface area contributed by atoms with E-state index in [1.165, 1.54) is 0 Å². The van der Waals surface area contributed by atoms with Gasteiger partial charge in [0.1, 0.15) is 11.9 Å². The van der Waals surface area contributed by atoms with Gasteiger partial charge in [-0.25, -0.2) is 0 Å². The number of rotatable bonds is 4. The first-order chi connectivity index (χ1) is 8.20. The predicted octanol–water partition coefficient (Wildman–Crippen LogP) is 4.35. The van der Waals surface area contributed by atoms with Crippen molar-refractivity contribution in [1.82, 2.24) is 0 Å². The van der Waals surface area contributed by atoms with Crippen molar-refractivity contribution in [2.24, 2.45) is 5.73 Å². The lowest BCUT2D eigenvalue weighted by Crippen LogP contribution is -2.17. The summed E-state index contributed by atoms with van der Waals surface area (Å²) in [5.41, 5.74) is 5.75. The molecule has 1 unspecified atom stereocenters. The first-order valence-corrected chi connectivity index (χ1v) is 7.52. The van der Waals surface area contributed by atoms with Crippen LogP contribution in [0.1, 0.15) is 11.0 Å². The zero-order chi connectivity index (χ0) is 12.3. The van der Waals surface area contributed by atoms with Gasteiger partial charge in [-0.3, -0.25) is 0 Å². The van der Waals surface area contributed by atoms with Crippen LogP contribution in [0.3, 0.4) is 0 Å². The van der Waals surface area contributed by atoms with E-state index in [0.29, 0.717) is 6.54 Å². The molecule has 2 aromatic rings. The fourth-order valence-corrected chi connectivity index (χ4v) is 3.33. The zero-order valence-electron chi connectivity index (χ0n) is 8.90. The summed E-state index contributed by atoms with van der Waals surface area (Å²) in [6.07, 6.45) is -0.0903. The number of halogens is 2. The van der Waals surface area contributed by atoms with Crippen LogP contribution in [0, 0.1) is 0 Å². The van der Waals surface area contributed by atoms with Crippen LogP contribution in [0.5, 0.6) is 5.75 Å². The molecule has 5 heteroatoms. The van der Waals surface area contributed by atoms with Crippen LogP contribution in [0.25, 0.3) is 0 Å². The Bertz CT molecular complexity index is 487.